The van der Waals surface area contributed by atoms with E-state index < -0.39 is 0 Å². The molecule has 0 atom stereocenters. The summed E-state index contributed by atoms with van der Waals surface area (Å²) in [5, 5.41) is 12.1. The molecule has 1 fully saturated rings. The topological polar surface area (TPSA) is 56.1 Å². The number of para-hydroxylation sites is 1. The monoisotopic (exact) mass is 271 g/mol. The van der Waals surface area contributed by atoms with E-state index in [0.29, 0.717) is 25.6 Å². The summed E-state index contributed by atoms with van der Waals surface area (Å²) in [5.74, 6) is 0.0401. The average molecular weight is 271 g/mol. The average Bonchev–Trinajstić information content (AvgIpc) is 3.00. The number of hydrogen-bond acceptors (Lipinski definition) is 3. The Hall–Kier alpha value is -1.86. The first-order valence-corrected chi connectivity index (χ1v) is 7.27. The number of carbonyl (C=O) groups excluding carboxylic acids is 1. The lowest BCUT2D eigenvalue weighted by Gasteiger charge is -2.23. The van der Waals surface area contributed by atoms with Gasteiger partial charge in [0.15, 0.2) is 0 Å². The molecule has 1 N–H and O–H groups in total. The van der Waals surface area contributed by atoms with Crippen molar-refractivity contribution in [2.75, 3.05) is 18.0 Å². The third-order valence-electron chi connectivity index (χ3n) is 3.71. The molecule has 4 heteroatoms. The van der Waals surface area contributed by atoms with Gasteiger partial charge in [0.1, 0.15) is 0 Å². The van der Waals surface area contributed by atoms with Gasteiger partial charge in [-0.1, -0.05) is 31.0 Å². The molecule has 0 radical (unpaired) electrons. The Morgan fingerprint density at radius 2 is 2.00 bits per heavy atom. The normalized spacial score (nSPS) is 14.9. The number of nitriles is 1. The van der Waals surface area contributed by atoms with E-state index in [1.54, 1.807) is 4.90 Å². The smallest absolute Gasteiger partial charge is 0.240 e. The molecule has 20 heavy (non-hydrogen) atoms. The Morgan fingerprint density at radius 1 is 1.30 bits per heavy atom. The molecule has 0 unspecified atom stereocenters. The molecule has 0 heterocycles. The molecule has 0 aliphatic heterocycles. The van der Waals surface area contributed by atoms with E-state index in [2.05, 4.69) is 11.4 Å². The summed E-state index contributed by atoms with van der Waals surface area (Å²) < 4.78 is 0. The first-order chi connectivity index (χ1) is 9.81. The Kier molecular flexibility index (Phi) is 5.57. The van der Waals surface area contributed by atoms with Crippen LogP contribution in [0.5, 0.6) is 0 Å². The summed E-state index contributed by atoms with van der Waals surface area (Å²) in [6, 6.07) is 12.1. The van der Waals surface area contributed by atoms with Crippen LogP contribution in [-0.4, -0.2) is 25.0 Å². The van der Waals surface area contributed by atoms with Gasteiger partial charge in [-0.25, -0.2) is 0 Å². The number of rotatable bonds is 6. The molecule has 1 amide bonds. The van der Waals surface area contributed by atoms with Crippen molar-refractivity contribution in [2.45, 2.75) is 38.1 Å². The first kappa shape index (κ1) is 14.5. The lowest BCUT2D eigenvalue weighted by Crippen LogP contribution is -2.41. The summed E-state index contributed by atoms with van der Waals surface area (Å²) in [6.07, 6.45) is 5.18. The quantitative estimate of drug-likeness (QED) is 0.864. The van der Waals surface area contributed by atoms with E-state index in [0.717, 1.165) is 18.5 Å². The fourth-order valence-electron chi connectivity index (χ4n) is 2.62. The fourth-order valence-corrected chi connectivity index (χ4v) is 2.62. The molecule has 1 aromatic carbocycles. The molecule has 106 valence electrons. The van der Waals surface area contributed by atoms with Crippen LogP contribution in [0.1, 0.15) is 32.1 Å². The van der Waals surface area contributed by atoms with E-state index in [-0.39, 0.29) is 5.91 Å². The highest BCUT2D eigenvalue weighted by molar-refractivity contribution is 5.94. The van der Waals surface area contributed by atoms with Crippen molar-refractivity contribution in [3.63, 3.8) is 0 Å². The van der Waals surface area contributed by atoms with Crippen molar-refractivity contribution in [2.24, 2.45) is 0 Å². The number of amides is 1. The van der Waals surface area contributed by atoms with Gasteiger partial charge in [-0.15, -0.1) is 0 Å². The Bertz CT molecular complexity index is 460. The van der Waals surface area contributed by atoms with Crippen molar-refractivity contribution in [1.82, 2.24) is 5.32 Å². The van der Waals surface area contributed by atoms with Gasteiger partial charge >= 0.3 is 0 Å². The maximum Gasteiger partial charge on any atom is 0.240 e. The number of hydrogen-bond donors (Lipinski definition) is 1. The Labute approximate surface area is 120 Å². The number of nitrogens with zero attached hydrogens (tertiary/aromatic N) is 2. The minimum Gasteiger partial charge on any atom is -0.310 e. The van der Waals surface area contributed by atoms with E-state index >= 15 is 0 Å². The number of carbonyl (C=O) groups is 1. The molecule has 0 aromatic heterocycles. The third kappa shape index (κ3) is 4.07. The molecule has 4 nitrogen and oxygen atoms in total. The van der Waals surface area contributed by atoms with Crippen LogP contribution in [0.25, 0.3) is 0 Å². The lowest BCUT2D eigenvalue weighted by molar-refractivity contribution is -0.117. The van der Waals surface area contributed by atoms with Crippen LogP contribution in [0.3, 0.4) is 0 Å². The SMILES string of the molecule is N#CCCN(C(=O)CNC1CCCC1)c1ccccc1. The minimum atomic E-state index is 0.0401. The second kappa shape index (κ2) is 7.66. The zero-order valence-corrected chi connectivity index (χ0v) is 11.7. The molecule has 1 aromatic rings. The Balaban J connectivity index is 1.95. The van der Waals surface area contributed by atoms with Crippen molar-refractivity contribution in [3.8, 4) is 6.07 Å². The summed E-state index contributed by atoms with van der Waals surface area (Å²) in [5.41, 5.74) is 0.862. The molecule has 0 spiro atoms. The summed E-state index contributed by atoms with van der Waals surface area (Å²) >= 11 is 0. The largest absolute Gasteiger partial charge is 0.310 e. The van der Waals surface area contributed by atoms with Crippen LogP contribution in [0.2, 0.25) is 0 Å². The van der Waals surface area contributed by atoms with Gasteiger partial charge in [-0.3, -0.25) is 4.79 Å². The van der Waals surface area contributed by atoms with Gasteiger partial charge in [0.2, 0.25) is 5.91 Å². The van der Waals surface area contributed by atoms with Crippen LogP contribution in [0.4, 0.5) is 5.69 Å². The van der Waals surface area contributed by atoms with Gasteiger partial charge in [-0.05, 0) is 25.0 Å². The predicted octanol–water partition coefficient (Wildman–Crippen LogP) is 2.47. The summed E-state index contributed by atoms with van der Waals surface area (Å²) in [7, 11) is 0. The van der Waals surface area contributed by atoms with E-state index in [1.165, 1.54) is 12.8 Å². The van der Waals surface area contributed by atoms with Gasteiger partial charge in [0, 0.05) is 18.3 Å². The first-order valence-electron chi connectivity index (χ1n) is 7.27. The van der Waals surface area contributed by atoms with Crippen molar-refractivity contribution in [3.05, 3.63) is 30.3 Å². The van der Waals surface area contributed by atoms with Crippen LogP contribution in [0.15, 0.2) is 30.3 Å². The fraction of sp³-hybridized carbons (Fsp3) is 0.500. The second-order valence-electron chi connectivity index (χ2n) is 5.15. The van der Waals surface area contributed by atoms with E-state index in [4.69, 9.17) is 5.26 Å². The molecular weight excluding hydrogens is 250 g/mol. The van der Waals surface area contributed by atoms with E-state index in [1.807, 2.05) is 30.3 Å². The second-order valence-corrected chi connectivity index (χ2v) is 5.15. The van der Waals surface area contributed by atoms with E-state index in [9.17, 15) is 4.79 Å². The van der Waals surface area contributed by atoms with Gasteiger partial charge < -0.3 is 10.2 Å². The highest BCUT2D eigenvalue weighted by atomic mass is 16.2. The van der Waals surface area contributed by atoms with Crippen LogP contribution in [0, 0.1) is 11.3 Å². The van der Waals surface area contributed by atoms with Gasteiger partial charge in [-0.2, -0.15) is 5.26 Å². The van der Waals surface area contributed by atoms with Crippen LogP contribution in [-0.2, 0) is 4.79 Å². The molecule has 1 saturated carbocycles. The number of nitrogens with one attached hydrogen (secondary N) is 1. The summed E-state index contributed by atoms with van der Waals surface area (Å²) in [4.78, 5) is 14.1. The summed E-state index contributed by atoms with van der Waals surface area (Å²) in [6.45, 7) is 0.802. The van der Waals surface area contributed by atoms with Crippen molar-refractivity contribution >= 4 is 11.6 Å². The van der Waals surface area contributed by atoms with Crippen molar-refractivity contribution in [1.29, 1.82) is 5.26 Å². The third-order valence-corrected chi connectivity index (χ3v) is 3.71. The molecule has 0 bridgehead atoms. The molecular formula is C16H21N3O. The highest BCUT2D eigenvalue weighted by Crippen LogP contribution is 2.18. The van der Waals surface area contributed by atoms with Crippen molar-refractivity contribution < 1.29 is 4.79 Å². The Morgan fingerprint density at radius 3 is 2.65 bits per heavy atom. The maximum absolute atomic E-state index is 12.4. The molecule has 1 aliphatic rings. The number of anilines is 1. The highest BCUT2D eigenvalue weighted by Gasteiger charge is 2.19. The molecule has 2 rings (SSSR count). The zero-order valence-electron chi connectivity index (χ0n) is 11.7. The zero-order chi connectivity index (χ0) is 14.2. The minimum absolute atomic E-state index is 0.0401. The molecule has 0 saturated heterocycles. The number of benzene rings is 1. The van der Waals surface area contributed by atoms with Gasteiger partial charge in [0.05, 0.1) is 19.0 Å². The maximum atomic E-state index is 12.4. The van der Waals surface area contributed by atoms with Crippen LogP contribution >= 0.6 is 0 Å². The van der Waals surface area contributed by atoms with Crippen LogP contribution < -0.4 is 10.2 Å². The standard InChI is InChI=1S/C16H21N3O/c17-11-6-12-19(15-9-2-1-3-10-15)16(20)13-18-14-7-4-5-8-14/h1-3,9-10,14,18H,4-8,12-13H2. The van der Waals surface area contributed by atoms with Gasteiger partial charge in [0.25, 0.3) is 0 Å². The predicted molar refractivity (Wildman–Crippen MR) is 79.3 cm³/mol. The molecule has 1 aliphatic carbocycles. The lowest BCUT2D eigenvalue weighted by atomic mass is 10.2.